The minimum absolute atomic E-state index is 0.332. The molecule has 0 spiro atoms. The number of likely N-dealkylation sites (N-methyl/N-ethyl adjacent to an activating group) is 1. The summed E-state index contributed by atoms with van der Waals surface area (Å²) < 4.78 is 0. The molecule has 0 aliphatic heterocycles. The van der Waals surface area contributed by atoms with Gasteiger partial charge in [-0.2, -0.15) is 0 Å². The molecule has 0 heterocycles. The van der Waals surface area contributed by atoms with Gasteiger partial charge < -0.3 is 20.9 Å². The minimum Gasteiger partial charge on any atom is -0.347 e. The monoisotopic (exact) mass is 244 g/mol. The fraction of sp³-hybridized carbons (Fsp3) is 0.818. The molecule has 0 fully saturated rings. The largest absolute Gasteiger partial charge is 0.347 e. The summed E-state index contributed by atoms with van der Waals surface area (Å²) in [5.74, 6) is -1.04. The first kappa shape index (κ1) is 15.9. The quantitative estimate of drug-likeness (QED) is 0.555. The second-order valence-electron chi connectivity index (χ2n) is 4.14. The molecule has 0 saturated carbocycles. The molecule has 2 amide bonds. The van der Waals surface area contributed by atoms with Gasteiger partial charge in [0.1, 0.15) is 0 Å². The molecule has 0 bridgehead atoms. The average molecular weight is 244 g/mol. The smallest absolute Gasteiger partial charge is 0.311 e. The van der Waals surface area contributed by atoms with E-state index in [1.54, 1.807) is 4.90 Å². The zero-order chi connectivity index (χ0) is 13.3. The Morgan fingerprint density at radius 3 is 2.29 bits per heavy atom. The lowest BCUT2D eigenvalue weighted by Gasteiger charge is -2.23. The van der Waals surface area contributed by atoms with E-state index >= 15 is 0 Å². The third-order valence-corrected chi connectivity index (χ3v) is 2.22. The highest BCUT2D eigenvalue weighted by Crippen LogP contribution is 1.94. The summed E-state index contributed by atoms with van der Waals surface area (Å²) in [6, 6.07) is 0. The van der Waals surface area contributed by atoms with Gasteiger partial charge in [-0.1, -0.05) is 6.92 Å². The van der Waals surface area contributed by atoms with E-state index in [1.807, 2.05) is 25.9 Å². The van der Waals surface area contributed by atoms with Gasteiger partial charge in [-0.05, 0) is 20.5 Å². The van der Waals surface area contributed by atoms with Crippen LogP contribution in [0.2, 0.25) is 0 Å². The normalized spacial score (nSPS) is 10.4. The van der Waals surface area contributed by atoms with Crippen molar-refractivity contribution in [1.29, 1.82) is 0 Å². The number of hydrogen-bond donors (Lipinski definition) is 2. The topological polar surface area (TPSA) is 78.7 Å². The highest BCUT2D eigenvalue weighted by molar-refractivity contribution is 6.35. The van der Waals surface area contributed by atoms with E-state index in [0.29, 0.717) is 26.2 Å². The number of nitrogens with zero attached hydrogens (tertiary/aromatic N) is 2. The molecule has 0 unspecified atom stereocenters. The van der Waals surface area contributed by atoms with E-state index in [-0.39, 0.29) is 0 Å². The zero-order valence-electron chi connectivity index (χ0n) is 11.0. The van der Waals surface area contributed by atoms with Crippen molar-refractivity contribution in [2.45, 2.75) is 13.3 Å². The summed E-state index contributed by atoms with van der Waals surface area (Å²) in [5, 5.41) is 2.49. The first-order chi connectivity index (χ1) is 8.02. The molecule has 0 aromatic rings. The number of carbonyl (C=O) groups is 2. The summed E-state index contributed by atoms with van der Waals surface area (Å²) in [6.45, 7) is 4.56. The molecular formula is C11H24N4O2. The molecule has 0 saturated heterocycles. The summed E-state index contributed by atoms with van der Waals surface area (Å²) >= 11 is 0. The van der Waals surface area contributed by atoms with Gasteiger partial charge in [-0.3, -0.25) is 9.59 Å². The number of nitrogens with one attached hydrogen (secondary N) is 1. The molecule has 0 aliphatic rings. The molecule has 0 aromatic heterocycles. The van der Waals surface area contributed by atoms with E-state index in [4.69, 9.17) is 5.73 Å². The summed E-state index contributed by atoms with van der Waals surface area (Å²) in [5.41, 5.74) is 5.26. The average Bonchev–Trinajstić information content (AvgIpc) is 2.30. The van der Waals surface area contributed by atoms with E-state index in [9.17, 15) is 9.59 Å². The SMILES string of the molecule is CCCN(CCN(C)C)C(=O)C(=O)NCCN. The van der Waals surface area contributed by atoms with Crippen LogP contribution in [0.25, 0.3) is 0 Å². The predicted octanol–water partition coefficient (Wildman–Crippen LogP) is -1.14. The van der Waals surface area contributed by atoms with Crippen LogP contribution in [-0.4, -0.2) is 68.4 Å². The maximum absolute atomic E-state index is 11.8. The Balaban J connectivity index is 4.26. The number of rotatable bonds is 7. The summed E-state index contributed by atoms with van der Waals surface area (Å²) in [7, 11) is 3.87. The predicted molar refractivity (Wildman–Crippen MR) is 67.5 cm³/mol. The number of carbonyl (C=O) groups excluding carboxylic acids is 2. The molecule has 6 heteroatoms. The summed E-state index contributed by atoms with van der Waals surface area (Å²) in [6.07, 6.45) is 0.837. The third kappa shape index (κ3) is 6.91. The molecule has 0 atom stereocenters. The molecule has 0 aromatic carbocycles. The van der Waals surface area contributed by atoms with E-state index in [0.717, 1.165) is 13.0 Å². The van der Waals surface area contributed by atoms with Gasteiger partial charge in [0.05, 0.1) is 0 Å². The van der Waals surface area contributed by atoms with Crippen molar-refractivity contribution in [2.24, 2.45) is 5.73 Å². The third-order valence-electron chi connectivity index (χ3n) is 2.22. The first-order valence-electron chi connectivity index (χ1n) is 5.94. The van der Waals surface area contributed by atoms with Gasteiger partial charge in [-0.15, -0.1) is 0 Å². The molecule has 17 heavy (non-hydrogen) atoms. The van der Waals surface area contributed by atoms with Crippen molar-refractivity contribution in [3.63, 3.8) is 0 Å². The van der Waals surface area contributed by atoms with Crippen LogP contribution in [0, 0.1) is 0 Å². The maximum Gasteiger partial charge on any atom is 0.311 e. The van der Waals surface area contributed by atoms with Crippen molar-refractivity contribution in [3.8, 4) is 0 Å². The molecular weight excluding hydrogens is 220 g/mol. The molecule has 0 aliphatic carbocycles. The van der Waals surface area contributed by atoms with Crippen molar-refractivity contribution in [1.82, 2.24) is 15.1 Å². The van der Waals surface area contributed by atoms with Crippen molar-refractivity contribution in [3.05, 3.63) is 0 Å². The van der Waals surface area contributed by atoms with Crippen molar-refractivity contribution < 1.29 is 9.59 Å². The number of amides is 2. The highest BCUT2D eigenvalue weighted by Gasteiger charge is 2.20. The standard InChI is InChI=1S/C11H24N4O2/c1-4-7-15(9-8-14(2)3)11(17)10(16)13-6-5-12/h4-9,12H2,1-3H3,(H,13,16). The lowest BCUT2D eigenvalue weighted by atomic mass is 10.3. The van der Waals surface area contributed by atoms with Crippen molar-refractivity contribution >= 4 is 11.8 Å². The van der Waals surface area contributed by atoms with Gasteiger partial charge >= 0.3 is 11.8 Å². The Bertz CT molecular complexity index is 244. The Morgan fingerprint density at radius 1 is 1.18 bits per heavy atom. The number of nitrogens with two attached hydrogens (primary N) is 1. The lowest BCUT2D eigenvalue weighted by molar-refractivity contribution is -0.145. The second kappa shape index (κ2) is 8.95. The van der Waals surface area contributed by atoms with E-state index in [2.05, 4.69) is 5.32 Å². The van der Waals surface area contributed by atoms with Crippen LogP contribution in [0.1, 0.15) is 13.3 Å². The highest BCUT2D eigenvalue weighted by atomic mass is 16.2. The van der Waals surface area contributed by atoms with Gasteiger partial charge in [0.25, 0.3) is 0 Å². The Labute approximate surface area is 103 Å². The zero-order valence-corrected chi connectivity index (χ0v) is 11.0. The second-order valence-corrected chi connectivity index (χ2v) is 4.14. The van der Waals surface area contributed by atoms with Crippen LogP contribution in [0.4, 0.5) is 0 Å². The van der Waals surface area contributed by atoms with Gasteiger partial charge in [0.2, 0.25) is 0 Å². The van der Waals surface area contributed by atoms with E-state index < -0.39 is 11.8 Å². The van der Waals surface area contributed by atoms with Crippen molar-refractivity contribution in [2.75, 3.05) is 46.8 Å². The van der Waals surface area contributed by atoms with Crippen LogP contribution in [0.3, 0.4) is 0 Å². The molecule has 3 N–H and O–H groups in total. The Hall–Kier alpha value is -1.14. The fourth-order valence-corrected chi connectivity index (χ4v) is 1.31. The van der Waals surface area contributed by atoms with Gasteiger partial charge in [0, 0.05) is 32.7 Å². The summed E-state index contributed by atoms with van der Waals surface area (Å²) in [4.78, 5) is 26.9. The van der Waals surface area contributed by atoms with Crippen LogP contribution in [0.5, 0.6) is 0 Å². The molecule has 0 radical (unpaired) electrons. The first-order valence-corrected chi connectivity index (χ1v) is 5.94. The Kier molecular flexibility index (Phi) is 8.35. The molecule has 100 valence electrons. The van der Waals surface area contributed by atoms with Crippen LogP contribution >= 0.6 is 0 Å². The minimum atomic E-state index is -0.567. The van der Waals surface area contributed by atoms with Crippen LogP contribution < -0.4 is 11.1 Å². The maximum atomic E-state index is 11.8. The van der Waals surface area contributed by atoms with Gasteiger partial charge in [-0.25, -0.2) is 0 Å². The molecule has 6 nitrogen and oxygen atoms in total. The number of hydrogen-bond acceptors (Lipinski definition) is 4. The fourth-order valence-electron chi connectivity index (χ4n) is 1.31. The van der Waals surface area contributed by atoms with Crippen LogP contribution in [-0.2, 0) is 9.59 Å². The van der Waals surface area contributed by atoms with Crippen LogP contribution in [0.15, 0.2) is 0 Å². The Morgan fingerprint density at radius 2 is 1.82 bits per heavy atom. The molecule has 0 rings (SSSR count). The van der Waals surface area contributed by atoms with E-state index in [1.165, 1.54) is 0 Å². The van der Waals surface area contributed by atoms with Gasteiger partial charge in [0.15, 0.2) is 0 Å². The lowest BCUT2D eigenvalue weighted by Crippen LogP contribution is -2.46.